The second kappa shape index (κ2) is 5.89. The highest BCUT2D eigenvalue weighted by Gasteiger charge is 2.24. The zero-order valence-corrected chi connectivity index (χ0v) is 11.9. The molecule has 100 valence electrons. The number of hydrogen-bond acceptors (Lipinski definition) is 2. The number of benzene rings is 1. The third kappa shape index (κ3) is 3.76. The van der Waals surface area contributed by atoms with Crippen LogP contribution in [0.15, 0.2) is 24.3 Å². The summed E-state index contributed by atoms with van der Waals surface area (Å²) < 4.78 is 0. The molecule has 0 radical (unpaired) electrons. The summed E-state index contributed by atoms with van der Waals surface area (Å²) in [6.45, 7) is 6.28. The van der Waals surface area contributed by atoms with Gasteiger partial charge in [0.15, 0.2) is 0 Å². The second-order valence-corrected chi connectivity index (χ2v) is 5.36. The van der Waals surface area contributed by atoms with Crippen LogP contribution in [0.1, 0.15) is 39.2 Å². The number of hydrogen-bond donors (Lipinski definition) is 1. The first-order valence-corrected chi connectivity index (χ1v) is 6.48. The molecule has 18 heavy (non-hydrogen) atoms. The average molecular weight is 248 g/mol. The molecule has 1 aromatic rings. The maximum absolute atomic E-state index is 12.1. The standard InChI is InChI=1S/C15H24N2O/c1-5-15(2,3)17(4)14(18)11-8-12-6-9-13(16)10-7-12/h6-7,9-10H,5,8,11,16H2,1-4H3. The molecule has 0 aliphatic heterocycles. The van der Waals surface area contributed by atoms with E-state index in [1.165, 1.54) is 0 Å². The van der Waals surface area contributed by atoms with Gasteiger partial charge in [0.2, 0.25) is 5.91 Å². The molecule has 0 fully saturated rings. The Labute approximate surface area is 110 Å². The van der Waals surface area contributed by atoms with Crippen LogP contribution in [0.5, 0.6) is 0 Å². The van der Waals surface area contributed by atoms with Crippen LogP contribution >= 0.6 is 0 Å². The SMILES string of the molecule is CCC(C)(C)N(C)C(=O)CCc1ccc(N)cc1. The average Bonchev–Trinajstić information content (AvgIpc) is 2.36. The lowest BCUT2D eigenvalue weighted by Crippen LogP contribution is -2.44. The van der Waals surface area contributed by atoms with Crippen LogP contribution in [0, 0.1) is 0 Å². The van der Waals surface area contributed by atoms with Crippen LogP contribution in [0.25, 0.3) is 0 Å². The van der Waals surface area contributed by atoms with Crippen LogP contribution in [-0.4, -0.2) is 23.4 Å². The molecule has 0 saturated carbocycles. The van der Waals surface area contributed by atoms with Crippen molar-refractivity contribution in [3.8, 4) is 0 Å². The maximum atomic E-state index is 12.1. The number of nitrogens with two attached hydrogens (primary N) is 1. The second-order valence-electron chi connectivity index (χ2n) is 5.36. The van der Waals surface area contributed by atoms with Gasteiger partial charge in [-0.15, -0.1) is 0 Å². The van der Waals surface area contributed by atoms with Crippen LogP contribution in [0.3, 0.4) is 0 Å². The number of rotatable bonds is 5. The van der Waals surface area contributed by atoms with Crippen LogP contribution < -0.4 is 5.73 Å². The Morgan fingerprint density at radius 3 is 2.33 bits per heavy atom. The lowest BCUT2D eigenvalue weighted by atomic mass is 9.99. The highest BCUT2D eigenvalue weighted by Crippen LogP contribution is 2.18. The number of anilines is 1. The fraction of sp³-hybridized carbons (Fsp3) is 0.533. The largest absolute Gasteiger partial charge is 0.399 e. The summed E-state index contributed by atoms with van der Waals surface area (Å²) in [6.07, 6.45) is 2.27. The highest BCUT2D eigenvalue weighted by atomic mass is 16.2. The van der Waals surface area contributed by atoms with Gasteiger partial charge in [0.1, 0.15) is 0 Å². The molecule has 0 bridgehead atoms. The van der Waals surface area contributed by atoms with Crippen molar-refractivity contribution in [2.24, 2.45) is 0 Å². The molecule has 3 nitrogen and oxygen atoms in total. The first-order chi connectivity index (χ1) is 8.36. The quantitative estimate of drug-likeness (QED) is 0.814. The normalized spacial score (nSPS) is 11.3. The molecule has 0 atom stereocenters. The van der Waals surface area contributed by atoms with Gasteiger partial charge in [0, 0.05) is 24.7 Å². The van der Waals surface area contributed by atoms with E-state index in [0.717, 1.165) is 24.1 Å². The van der Waals surface area contributed by atoms with E-state index in [-0.39, 0.29) is 11.4 Å². The van der Waals surface area contributed by atoms with Gasteiger partial charge in [0.05, 0.1) is 0 Å². The molecule has 0 spiro atoms. The summed E-state index contributed by atoms with van der Waals surface area (Å²) >= 11 is 0. The number of amides is 1. The summed E-state index contributed by atoms with van der Waals surface area (Å²) in [5, 5.41) is 0. The molecule has 0 unspecified atom stereocenters. The summed E-state index contributed by atoms with van der Waals surface area (Å²) in [6, 6.07) is 7.71. The maximum Gasteiger partial charge on any atom is 0.223 e. The van der Waals surface area contributed by atoms with E-state index in [4.69, 9.17) is 5.73 Å². The van der Waals surface area contributed by atoms with E-state index in [1.807, 2.05) is 36.2 Å². The Balaban J connectivity index is 2.53. The van der Waals surface area contributed by atoms with Gasteiger partial charge in [-0.1, -0.05) is 19.1 Å². The zero-order valence-electron chi connectivity index (χ0n) is 11.9. The molecule has 0 aliphatic carbocycles. The minimum atomic E-state index is -0.0712. The van der Waals surface area contributed by atoms with Crippen molar-refractivity contribution < 1.29 is 4.79 Å². The minimum absolute atomic E-state index is 0.0712. The smallest absolute Gasteiger partial charge is 0.223 e. The summed E-state index contributed by atoms with van der Waals surface area (Å²) in [4.78, 5) is 13.9. The molecule has 1 rings (SSSR count). The molecule has 0 aliphatic rings. The van der Waals surface area contributed by atoms with Crippen molar-refractivity contribution in [3.63, 3.8) is 0 Å². The molecular formula is C15H24N2O. The van der Waals surface area contributed by atoms with Gasteiger partial charge in [-0.05, 0) is 44.4 Å². The Kier molecular flexibility index (Phi) is 4.76. The number of nitrogens with zero attached hydrogens (tertiary/aromatic N) is 1. The third-order valence-corrected chi connectivity index (χ3v) is 3.75. The molecule has 2 N–H and O–H groups in total. The lowest BCUT2D eigenvalue weighted by molar-refractivity contribution is -0.134. The number of carbonyl (C=O) groups excluding carboxylic acids is 1. The van der Waals surface area contributed by atoms with Gasteiger partial charge in [-0.2, -0.15) is 0 Å². The van der Waals surface area contributed by atoms with Gasteiger partial charge in [-0.3, -0.25) is 4.79 Å². The van der Waals surface area contributed by atoms with Gasteiger partial charge >= 0.3 is 0 Å². The van der Waals surface area contributed by atoms with E-state index in [2.05, 4.69) is 20.8 Å². The lowest BCUT2D eigenvalue weighted by Gasteiger charge is -2.35. The Hall–Kier alpha value is -1.51. The fourth-order valence-corrected chi connectivity index (χ4v) is 1.68. The van der Waals surface area contributed by atoms with E-state index in [0.29, 0.717) is 6.42 Å². The van der Waals surface area contributed by atoms with Crippen molar-refractivity contribution in [2.45, 2.75) is 45.6 Å². The van der Waals surface area contributed by atoms with Gasteiger partial charge in [-0.25, -0.2) is 0 Å². The van der Waals surface area contributed by atoms with Gasteiger partial charge < -0.3 is 10.6 Å². The van der Waals surface area contributed by atoms with Crippen LogP contribution in [0.4, 0.5) is 5.69 Å². The van der Waals surface area contributed by atoms with Crippen molar-refractivity contribution in [2.75, 3.05) is 12.8 Å². The Morgan fingerprint density at radius 2 is 1.83 bits per heavy atom. The van der Waals surface area contributed by atoms with Crippen LogP contribution in [0.2, 0.25) is 0 Å². The monoisotopic (exact) mass is 248 g/mol. The van der Waals surface area contributed by atoms with Crippen LogP contribution in [-0.2, 0) is 11.2 Å². The van der Waals surface area contributed by atoms with Crippen molar-refractivity contribution >= 4 is 11.6 Å². The molecule has 0 aromatic heterocycles. The fourth-order valence-electron chi connectivity index (χ4n) is 1.68. The Bertz CT molecular complexity index is 395. The van der Waals surface area contributed by atoms with Crippen molar-refractivity contribution in [3.05, 3.63) is 29.8 Å². The number of aryl methyl sites for hydroxylation is 1. The topological polar surface area (TPSA) is 46.3 Å². The van der Waals surface area contributed by atoms with E-state index in [9.17, 15) is 4.79 Å². The molecule has 1 aromatic carbocycles. The summed E-state index contributed by atoms with van der Waals surface area (Å²) in [7, 11) is 1.88. The van der Waals surface area contributed by atoms with Crippen molar-refractivity contribution in [1.29, 1.82) is 0 Å². The summed E-state index contributed by atoms with van der Waals surface area (Å²) in [5.41, 5.74) is 7.47. The third-order valence-electron chi connectivity index (χ3n) is 3.75. The number of carbonyl (C=O) groups is 1. The highest BCUT2D eigenvalue weighted by molar-refractivity contribution is 5.77. The molecule has 0 saturated heterocycles. The van der Waals surface area contributed by atoms with E-state index in [1.54, 1.807) is 0 Å². The summed E-state index contributed by atoms with van der Waals surface area (Å²) in [5.74, 6) is 0.193. The molecule has 3 heteroatoms. The molecular weight excluding hydrogens is 224 g/mol. The Morgan fingerprint density at radius 1 is 1.28 bits per heavy atom. The molecule has 0 heterocycles. The number of nitrogen functional groups attached to an aromatic ring is 1. The minimum Gasteiger partial charge on any atom is -0.399 e. The van der Waals surface area contributed by atoms with E-state index >= 15 is 0 Å². The zero-order chi connectivity index (χ0) is 13.8. The first-order valence-electron chi connectivity index (χ1n) is 6.48. The van der Waals surface area contributed by atoms with Crippen molar-refractivity contribution in [1.82, 2.24) is 4.90 Å². The molecule has 1 amide bonds. The van der Waals surface area contributed by atoms with E-state index < -0.39 is 0 Å². The predicted molar refractivity (Wildman–Crippen MR) is 76.3 cm³/mol. The van der Waals surface area contributed by atoms with Gasteiger partial charge in [0.25, 0.3) is 0 Å². The predicted octanol–water partition coefficient (Wildman–Crippen LogP) is 2.85. The first kappa shape index (κ1) is 14.6.